The normalized spacial score (nSPS) is 10.9. The fourth-order valence-corrected chi connectivity index (χ4v) is 2.05. The third-order valence-electron chi connectivity index (χ3n) is 3.14. The molecule has 0 atom stereocenters. The van der Waals surface area contributed by atoms with Crippen LogP contribution in [-0.4, -0.2) is 12.6 Å². The molecule has 0 fully saturated rings. The van der Waals surface area contributed by atoms with E-state index >= 15 is 0 Å². The molecule has 2 aromatic rings. The fourth-order valence-electron chi connectivity index (χ4n) is 2.05. The van der Waals surface area contributed by atoms with Crippen molar-refractivity contribution in [2.45, 2.75) is 19.8 Å². The predicted molar refractivity (Wildman–Crippen MR) is 86.3 cm³/mol. The third kappa shape index (κ3) is 5.05. The molecule has 0 aliphatic heterocycles. The van der Waals surface area contributed by atoms with Gasteiger partial charge in [0.25, 0.3) is 0 Å². The molecule has 6 heteroatoms. The summed E-state index contributed by atoms with van der Waals surface area (Å²) >= 11 is 0. The Morgan fingerprint density at radius 1 is 1.30 bits per heavy atom. The van der Waals surface area contributed by atoms with Crippen LogP contribution < -0.4 is 0 Å². The van der Waals surface area contributed by atoms with Gasteiger partial charge >= 0.3 is 5.97 Å². The van der Waals surface area contributed by atoms with Crippen molar-refractivity contribution in [1.29, 1.82) is 0 Å². The van der Waals surface area contributed by atoms with E-state index in [1.165, 1.54) is 11.6 Å². The van der Waals surface area contributed by atoms with Crippen LogP contribution in [0.3, 0.4) is 0 Å². The number of ether oxygens (including phenoxy) is 1. The van der Waals surface area contributed by atoms with Gasteiger partial charge in [0.1, 0.15) is 11.5 Å². The summed E-state index contributed by atoms with van der Waals surface area (Å²) in [5.74, 6) is -0.226. The monoisotopic (exact) mass is 311 g/mol. The van der Waals surface area contributed by atoms with Crippen molar-refractivity contribution in [2.24, 2.45) is 5.11 Å². The van der Waals surface area contributed by atoms with E-state index < -0.39 is 5.97 Å². The van der Waals surface area contributed by atoms with Gasteiger partial charge in [0.15, 0.2) is 0 Å². The second kappa shape index (κ2) is 8.46. The van der Waals surface area contributed by atoms with Crippen molar-refractivity contribution in [3.8, 4) is 0 Å². The first kappa shape index (κ1) is 16.4. The summed E-state index contributed by atoms with van der Waals surface area (Å²) < 4.78 is 10.2. The second-order valence-electron chi connectivity index (χ2n) is 4.78. The molecule has 0 amide bonds. The molecule has 0 bridgehead atoms. The summed E-state index contributed by atoms with van der Waals surface area (Å²) in [6, 6.07) is 11.9. The Morgan fingerprint density at radius 3 is 2.74 bits per heavy atom. The van der Waals surface area contributed by atoms with Gasteiger partial charge in [0.05, 0.1) is 12.9 Å². The van der Waals surface area contributed by atoms with Crippen LogP contribution >= 0.6 is 0 Å². The van der Waals surface area contributed by atoms with Gasteiger partial charge in [-0.3, -0.25) is 0 Å². The molecule has 1 aromatic carbocycles. The van der Waals surface area contributed by atoms with Gasteiger partial charge in [-0.15, -0.1) is 0 Å². The molecule has 23 heavy (non-hydrogen) atoms. The lowest BCUT2D eigenvalue weighted by molar-refractivity contribution is -0.138. The Morgan fingerprint density at radius 2 is 2.04 bits per heavy atom. The number of esters is 1. The van der Waals surface area contributed by atoms with E-state index in [9.17, 15) is 4.79 Å². The standard InChI is InChI=1S/C17H17N3O3/c1-2-22-17(21)16(19-20-18)11-15-10-14(12-23-15)9-8-13-6-4-3-5-7-13/h3-7,10-12H,2,8-9H2,1H3/b16-11-. The van der Waals surface area contributed by atoms with E-state index in [0.717, 1.165) is 18.4 Å². The maximum absolute atomic E-state index is 11.7. The summed E-state index contributed by atoms with van der Waals surface area (Å²) in [6.07, 6.45) is 4.72. The summed E-state index contributed by atoms with van der Waals surface area (Å²) in [4.78, 5) is 14.3. The molecule has 0 saturated carbocycles. The zero-order valence-corrected chi connectivity index (χ0v) is 12.8. The Hall–Kier alpha value is -2.98. The van der Waals surface area contributed by atoms with Crippen molar-refractivity contribution >= 4 is 12.0 Å². The molecule has 0 radical (unpaired) electrons. The maximum atomic E-state index is 11.7. The number of hydrogen-bond donors (Lipinski definition) is 0. The van der Waals surface area contributed by atoms with Crippen molar-refractivity contribution in [3.05, 3.63) is 75.7 Å². The van der Waals surface area contributed by atoms with Crippen LogP contribution in [0.2, 0.25) is 0 Å². The number of carbonyl (C=O) groups is 1. The number of hydrogen-bond acceptors (Lipinski definition) is 4. The van der Waals surface area contributed by atoms with Gasteiger partial charge in [0.2, 0.25) is 0 Å². The SMILES string of the molecule is CCOC(=O)/C(=C/c1cc(CCc2ccccc2)co1)N=[N+]=[N-]. The number of nitrogens with zero attached hydrogens (tertiary/aromatic N) is 3. The Labute approximate surface area is 134 Å². The Kier molecular flexibility index (Phi) is 6.03. The molecule has 0 aliphatic carbocycles. The highest BCUT2D eigenvalue weighted by atomic mass is 16.5. The number of furan rings is 1. The van der Waals surface area contributed by atoms with E-state index in [2.05, 4.69) is 22.2 Å². The molecule has 1 heterocycles. The smallest absolute Gasteiger partial charge is 0.340 e. The molecule has 118 valence electrons. The average molecular weight is 311 g/mol. The first-order valence-corrected chi connectivity index (χ1v) is 7.28. The highest BCUT2D eigenvalue weighted by Crippen LogP contribution is 2.16. The Balaban J connectivity index is 2.06. The lowest BCUT2D eigenvalue weighted by atomic mass is 10.1. The van der Waals surface area contributed by atoms with Crippen LogP contribution in [0, 0.1) is 0 Å². The highest BCUT2D eigenvalue weighted by Gasteiger charge is 2.10. The summed E-state index contributed by atoms with van der Waals surface area (Å²) in [7, 11) is 0. The number of azide groups is 1. The zero-order valence-electron chi connectivity index (χ0n) is 12.8. The molecular formula is C17H17N3O3. The van der Waals surface area contributed by atoms with E-state index in [1.54, 1.807) is 13.2 Å². The van der Waals surface area contributed by atoms with E-state index in [1.807, 2.05) is 24.3 Å². The van der Waals surface area contributed by atoms with Gasteiger partial charge in [0, 0.05) is 4.91 Å². The van der Waals surface area contributed by atoms with Crippen LogP contribution in [-0.2, 0) is 22.4 Å². The molecule has 0 aliphatic rings. The molecule has 1 aromatic heterocycles. The van der Waals surface area contributed by atoms with E-state index in [4.69, 9.17) is 14.7 Å². The van der Waals surface area contributed by atoms with Crippen LogP contribution in [0.4, 0.5) is 0 Å². The lowest BCUT2D eigenvalue weighted by Gasteiger charge is -1.99. The molecular weight excluding hydrogens is 294 g/mol. The van der Waals surface area contributed by atoms with Gasteiger partial charge in [-0.25, -0.2) is 4.79 Å². The number of rotatable bonds is 7. The molecule has 0 spiro atoms. The number of carbonyl (C=O) groups excluding carboxylic acids is 1. The van der Waals surface area contributed by atoms with Crippen molar-refractivity contribution < 1.29 is 13.9 Å². The number of benzene rings is 1. The van der Waals surface area contributed by atoms with Gasteiger partial charge in [-0.2, -0.15) is 0 Å². The summed E-state index contributed by atoms with van der Waals surface area (Å²) in [5, 5.41) is 3.35. The third-order valence-corrected chi connectivity index (χ3v) is 3.14. The van der Waals surface area contributed by atoms with Crippen LogP contribution in [0.15, 0.2) is 57.9 Å². The van der Waals surface area contributed by atoms with E-state index in [-0.39, 0.29) is 12.3 Å². The maximum Gasteiger partial charge on any atom is 0.340 e. The largest absolute Gasteiger partial charge is 0.465 e. The fraction of sp³-hybridized carbons (Fsp3) is 0.235. The average Bonchev–Trinajstić information content (AvgIpc) is 3.01. The van der Waals surface area contributed by atoms with Crippen molar-refractivity contribution in [2.75, 3.05) is 6.61 Å². The van der Waals surface area contributed by atoms with Crippen molar-refractivity contribution in [1.82, 2.24) is 0 Å². The minimum atomic E-state index is -0.674. The second-order valence-corrected chi connectivity index (χ2v) is 4.78. The number of aryl methyl sites for hydroxylation is 2. The van der Waals surface area contributed by atoms with Crippen LogP contribution in [0.5, 0.6) is 0 Å². The van der Waals surface area contributed by atoms with E-state index in [0.29, 0.717) is 5.76 Å². The van der Waals surface area contributed by atoms with Gasteiger partial charge in [-0.1, -0.05) is 35.4 Å². The highest BCUT2D eigenvalue weighted by molar-refractivity contribution is 5.92. The molecule has 0 unspecified atom stereocenters. The molecule has 0 N–H and O–H groups in total. The predicted octanol–water partition coefficient (Wildman–Crippen LogP) is 4.28. The topological polar surface area (TPSA) is 88.2 Å². The minimum Gasteiger partial charge on any atom is -0.465 e. The molecule has 0 saturated heterocycles. The van der Waals surface area contributed by atoms with Gasteiger partial charge < -0.3 is 9.15 Å². The summed E-state index contributed by atoms with van der Waals surface area (Å²) in [6.45, 7) is 1.89. The zero-order chi connectivity index (χ0) is 16.5. The van der Waals surface area contributed by atoms with Gasteiger partial charge in [-0.05, 0) is 48.6 Å². The van der Waals surface area contributed by atoms with Crippen LogP contribution in [0.25, 0.3) is 16.5 Å². The first-order valence-electron chi connectivity index (χ1n) is 7.28. The first-order chi connectivity index (χ1) is 11.2. The Bertz CT molecular complexity index is 729. The summed E-state index contributed by atoms with van der Waals surface area (Å²) in [5.41, 5.74) is 10.6. The quantitative estimate of drug-likeness (QED) is 0.251. The van der Waals surface area contributed by atoms with Crippen LogP contribution in [0.1, 0.15) is 23.8 Å². The van der Waals surface area contributed by atoms with Crippen molar-refractivity contribution in [3.63, 3.8) is 0 Å². The minimum absolute atomic E-state index is 0.127. The molecule has 2 rings (SSSR count). The lowest BCUT2D eigenvalue weighted by Crippen LogP contribution is -2.05. The molecule has 6 nitrogen and oxygen atoms in total.